The highest BCUT2D eigenvalue weighted by atomic mass is 15.5. The molecule has 136 valence electrons. The van der Waals surface area contributed by atoms with Crippen molar-refractivity contribution in [1.29, 1.82) is 0 Å². The molecule has 1 saturated heterocycles. The fraction of sp³-hybridized carbons (Fsp3) is 0.500. The van der Waals surface area contributed by atoms with Crippen molar-refractivity contribution >= 4 is 5.69 Å². The van der Waals surface area contributed by atoms with Crippen LogP contribution in [0.2, 0.25) is 0 Å². The third-order valence-corrected chi connectivity index (χ3v) is 6.76. The average Bonchev–Trinajstić information content (AvgIpc) is 3.14. The minimum absolute atomic E-state index is 0.109. The molecule has 0 spiro atoms. The number of fused-ring (bicyclic) bond motifs is 3. The highest BCUT2D eigenvalue weighted by molar-refractivity contribution is 5.57. The second kappa shape index (κ2) is 6.42. The summed E-state index contributed by atoms with van der Waals surface area (Å²) < 4.78 is 18.2. The van der Waals surface area contributed by atoms with Crippen LogP contribution in [0.15, 0.2) is 48.5 Å². The number of nitrogens with zero attached hydrogens (tertiary/aromatic N) is 2. The Kier molecular flexibility index (Phi) is 3.53. The van der Waals surface area contributed by atoms with E-state index in [1.807, 2.05) is 12.1 Å². The van der Waals surface area contributed by atoms with Crippen molar-refractivity contribution < 1.29 is 2.74 Å². The third-order valence-electron chi connectivity index (χ3n) is 6.76. The molecule has 2 heterocycles. The molecule has 2 heteroatoms. The number of benzene rings is 2. The molecule has 0 N–H and O–H groups in total. The normalized spacial score (nSPS) is 32.1. The Hall–Kier alpha value is -1.80. The molecule has 26 heavy (non-hydrogen) atoms. The lowest BCUT2D eigenvalue weighted by Crippen LogP contribution is -2.46. The Balaban J connectivity index is 1.67. The van der Waals surface area contributed by atoms with Gasteiger partial charge in [0.05, 0.1) is 12.2 Å². The molecule has 3 atom stereocenters. The van der Waals surface area contributed by atoms with E-state index in [2.05, 4.69) is 60.0 Å². The first-order valence-electron chi connectivity index (χ1n) is 11.2. The summed E-state index contributed by atoms with van der Waals surface area (Å²) in [6, 6.07) is 17.2. The fourth-order valence-corrected chi connectivity index (χ4v) is 5.57. The second-order valence-corrected chi connectivity index (χ2v) is 8.30. The summed E-state index contributed by atoms with van der Waals surface area (Å²) in [5.74, 6) is 0.519. The number of rotatable bonds is 2. The van der Waals surface area contributed by atoms with Gasteiger partial charge in [0.2, 0.25) is 0 Å². The van der Waals surface area contributed by atoms with Gasteiger partial charge in [-0.25, -0.2) is 0 Å². The van der Waals surface area contributed by atoms with Crippen LogP contribution < -0.4 is 4.90 Å². The molecule has 3 aliphatic rings. The van der Waals surface area contributed by atoms with Gasteiger partial charge < -0.3 is 4.90 Å². The lowest BCUT2D eigenvalue weighted by molar-refractivity contribution is 0.131. The highest BCUT2D eigenvalue weighted by Gasteiger charge is 2.51. The Labute approximate surface area is 160 Å². The van der Waals surface area contributed by atoms with E-state index in [4.69, 9.17) is 2.74 Å². The van der Waals surface area contributed by atoms with Crippen molar-refractivity contribution in [1.82, 2.24) is 4.90 Å². The lowest BCUT2D eigenvalue weighted by Gasteiger charge is -2.40. The molecule has 2 unspecified atom stereocenters. The monoisotopic (exact) mass is 348 g/mol. The molecule has 2 nitrogen and oxygen atoms in total. The van der Waals surface area contributed by atoms with E-state index in [0.29, 0.717) is 5.92 Å². The van der Waals surface area contributed by atoms with Gasteiger partial charge in [-0.1, -0.05) is 61.7 Å². The topological polar surface area (TPSA) is 6.48 Å². The molecule has 0 amide bonds. The fourth-order valence-electron chi connectivity index (χ4n) is 5.57. The average molecular weight is 349 g/mol. The predicted octanol–water partition coefficient (Wildman–Crippen LogP) is 5.67. The molecule has 2 fully saturated rings. The summed E-state index contributed by atoms with van der Waals surface area (Å²) in [5, 5.41) is 0. The third kappa shape index (κ3) is 2.42. The Morgan fingerprint density at radius 3 is 2.50 bits per heavy atom. The van der Waals surface area contributed by atoms with E-state index in [1.165, 1.54) is 48.9 Å². The zero-order valence-electron chi connectivity index (χ0n) is 17.9. The maximum absolute atomic E-state index is 9.11. The lowest BCUT2D eigenvalue weighted by atomic mass is 9.86. The molecule has 5 rings (SSSR count). The molecule has 0 bridgehead atoms. The SMILES string of the molecule is [2H]C1([2H])c2ccccc2C2[C@H](C)N(c3ccccc3C)C(C3CCCCC3)N21. The van der Waals surface area contributed by atoms with Crippen LogP contribution >= 0.6 is 0 Å². The predicted molar refractivity (Wildman–Crippen MR) is 108 cm³/mol. The van der Waals surface area contributed by atoms with Gasteiger partial charge in [-0.3, -0.25) is 4.90 Å². The highest BCUT2D eigenvalue weighted by Crippen LogP contribution is 2.50. The summed E-state index contributed by atoms with van der Waals surface area (Å²) in [4.78, 5) is 4.79. The minimum Gasteiger partial charge on any atom is -0.351 e. The van der Waals surface area contributed by atoms with Gasteiger partial charge in [0.15, 0.2) is 0 Å². The van der Waals surface area contributed by atoms with Gasteiger partial charge in [-0.05, 0) is 55.4 Å². The van der Waals surface area contributed by atoms with Gasteiger partial charge in [-0.2, -0.15) is 0 Å². The first-order chi connectivity index (χ1) is 13.5. The van der Waals surface area contributed by atoms with E-state index < -0.39 is 6.50 Å². The van der Waals surface area contributed by atoms with Gasteiger partial charge in [-0.15, -0.1) is 0 Å². The van der Waals surface area contributed by atoms with Crippen molar-refractivity contribution in [2.75, 3.05) is 4.90 Å². The summed E-state index contributed by atoms with van der Waals surface area (Å²) >= 11 is 0. The van der Waals surface area contributed by atoms with E-state index in [9.17, 15) is 0 Å². The molecule has 1 aliphatic carbocycles. The van der Waals surface area contributed by atoms with E-state index >= 15 is 0 Å². The molecule has 2 aromatic carbocycles. The smallest absolute Gasteiger partial charge is 0.0861 e. The molecular formula is C24H30N2. The molecule has 1 saturated carbocycles. The minimum atomic E-state index is -1.42. The molecule has 2 aliphatic heterocycles. The van der Waals surface area contributed by atoms with Crippen molar-refractivity contribution in [2.24, 2.45) is 5.92 Å². The van der Waals surface area contributed by atoms with Crippen molar-refractivity contribution in [2.45, 2.75) is 70.7 Å². The summed E-state index contributed by atoms with van der Waals surface area (Å²) in [7, 11) is 0. The van der Waals surface area contributed by atoms with Gasteiger partial charge in [0, 0.05) is 21.0 Å². The van der Waals surface area contributed by atoms with E-state index in [1.54, 1.807) is 0 Å². The van der Waals surface area contributed by atoms with Crippen molar-refractivity contribution in [3.8, 4) is 0 Å². The molecule has 0 aromatic heterocycles. The van der Waals surface area contributed by atoms with E-state index in [0.717, 1.165) is 5.56 Å². The van der Waals surface area contributed by atoms with Crippen LogP contribution in [-0.2, 0) is 6.50 Å². The van der Waals surface area contributed by atoms with Crippen LogP contribution in [0.4, 0.5) is 5.69 Å². The van der Waals surface area contributed by atoms with Crippen LogP contribution in [0.1, 0.15) is 64.5 Å². The molecular weight excluding hydrogens is 316 g/mol. The zero-order valence-corrected chi connectivity index (χ0v) is 15.9. The summed E-state index contributed by atoms with van der Waals surface area (Å²) in [6.45, 7) is 3.06. The van der Waals surface area contributed by atoms with Crippen LogP contribution in [-0.4, -0.2) is 17.1 Å². The van der Waals surface area contributed by atoms with Gasteiger partial charge in [0.1, 0.15) is 0 Å². The number of hydrogen-bond donors (Lipinski definition) is 0. The van der Waals surface area contributed by atoms with Crippen molar-refractivity contribution in [3.63, 3.8) is 0 Å². The maximum atomic E-state index is 9.11. The Morgan fingerprint density at radius 2 is 1.69 bits per heavy atom. The zero-order chi connectivity index (χ0) is 19.5. The van der Waals surface area contributed by atoms with Crippen molar-refractivity contribution in [3.05, 3.63) is 65.2 Å². The number of hydrogen-bond acceptors (Lipinski definition) is 2. The standard InChI is InChI=1S/C24H30N2/c1-17-10-6-9-15-22(17)26-18(2)23-21-14-8-7-13-20(21)16-25(23)24(26)19-11-4-3-5-12-19/h6-10,13-15,18-19,23-24H,3-5,11-12,16H2,1-2H3/t18-,23?,24?/m0/s1/i16D2. The summed E-state index contributed by atoms with van der Waals surface area (Å²) in [5.41, 5.74) is 4.60. The van der Waals surface area contributed by atoms with E-state index in [-0.39, 0.29) is 18.2 Å². The quantitative estimate of drug-likeness (QED) is 0.690. The second-order valence-electron chi connectivity index (χ2n) is 8.30. The first-order valence-corrected chi connectivity index (χ1v) is 10.2. The van der Waals surface area contributed by atoms with Crippen LogP contribution in [0.25, 0.3) is 0 Å². The van der Waals surface area contributed by atoms with Crippen LogP contribution in [0.5, 0.6) is 0 Å². The molecule has 2 aromatic rings. The van der Waals surface area contributed by atoms with Gasteiger partial charge in [0.25, 0.3) is 0 Å². The molecule has 0 radical (unpaired) electrons. The number of anilines is 1. The van der Waals surface area contributed by atoms with Crippen LogP contribution in [0.3, 0.4) is 0 Å². The largest absolute Gasteiger partial charge is 0.351 e. The Morgan fingerprint density at radius 1 is 0.962 bits per heavy atom. The number of aryl methyl sites for hydroxylation is 1. The van der Waals surface area contributed by atoms with Gasteiger partial charge >= 0.3 is 0 Å². The summed E-state index contributed by atoms with van der Waals surface area (Å²) in [6.07, 6.45) is 6.38. The first kappa shape index (κ1) is 14.3. The number of para-hydroxylation sites is 1. The maximum Gasteiger partial charge on any atom is 0.0861 e. The van der Waals surface area contributed by atoms with Crippen LogP contribution in [0, 0.1) is 12.8 Å². The Bertz CT molecular complexity index is 874.